The van der Waals surface area contributed by atoms with Gasteiger partial charge < -0.3 is 14.2 Å². The average molecular weight is 981 g/mol. The number of anilines is 6. The molecule has 12 aromatic carbocycles. The molecule has 1 aliphatic heterocycles. The Morgan fingerprint density at radius 2 is 0.805 bits per heavy atom. The third-order valence-corrected chi connectivity index (χ3v) is 16.9. The highest BCUT2D eigenvalue weighted by Gasteiger charge is 2.54. The van der Waals surface area contributed by atoms with Crippen LogP contribution in [0.5, 0.6) is 0 Å². The standard InChI is InChI=1S/C74H48N2O/c1-6-22-49(23-7-1)57-43-44-68-72-71(57)61-42-39-56(48-66(61)74(72,52-28-12-4-13-29-52)64-35-19-20-36-67(64)76(68)53-30-14-5-15-31-53)75(54-40-45-70-62(46-54)60-33-17-21-37-69(60)77-70)55-38-41-59-58-32-16-18-34-63(58)73(65(59)47-55,50-24-8-2-9-25-50)51-26-10-3-11-27-51/h1-48H. The van der Waals surface area contributed by atoms with Crippen molar-refractivity contribution in [2.75, 3.05) is 9.80 Å². The van der Waals surface area contributed by atoms with Crippen molar-refractivity contribution in [2.24, 2.45) is 0 Å². The molecule has 13 aromatic rings. The highest BCUT2D eigenvalue weighted by molar-refractivity contribution is 6.08. The summed E-state index contributed by atoms with van der Waals surface area (Å²) in [6.45, 7) is 0. The van der Waals surface area contributed by atoms with E-state index in [0.29, 0.717) is 0 Å². The van der Waals surface area contributed by atoms with Gasteiger partial charge >= 0.3 is 0 Å². The lowest BCUT2D eigenvalue weighted by Gasteiger charge is -2.45. The SMILES string of the molecule is c1ccc(-c2ccc3c4c2-c2ccc(N(c5ccc6c(c5)C(c5ccccc5)(c5ccccc5)c5ccccc5-6)c5ccc6oc7ccccc7c6c5)cc2C4(c2ccccc2)c2ccccc2N3c2ccccc2)cc1. The minimum Gasteiger partial charge on any atom is -0.456 e. The topological polar surface area (TPSA) is 19.6 Å². The van der Waals surface area contributed by atoms with Crippen LogP contribution in [0.3, 0.4) is 0 Å². The van der Waals surface area contributed by atoms with Gasteiger partial charge in [0.15, 0.2) is 0 Å². The summed E-state index contributed by atoms with van der Waals surface area (Å²) in [5.74, 6) is 0. The molecule has 1 unspecified atom stereocenters. The van der Waals surface area contributed by atoms with Crippen molar-refractivity contribution in [1.29, 1.82) is 0 Å². The summed E-state index contributed by atoms with van der Waals surface area (Å²) in [5, 5.41) is 2.17. The molecule has 1 atom stereocenters. The van der Waals surface area contributed by atoms with Gasteiger partial charge in [-0.25, -0.2) is 0 Å². The Hall–Kier alpha value is -9.96. The average Bonchev–Trinajstić information content (AvgIpc) is 4.21. The summed E-state index contributed by atoms with van der Waals surface area (Å²) in [6, 6.07) is 108. The van der Waals surface area contributed by atoms with E-state index in [0.717, 1.165) is 50.4 Å². The van der Waals surface area contributed by atoms with Gasteiger partial charge in [0.05, 0.1) is 22.2 Å². The second-order valence-corrected chi connectivity index (χ2v) is 20.7. The van der Waals surface area contributed by atoms with Gasteiger partial charge in [-0.15, -0.1) is 0 Å². The van der Waals surface area contributed by atoms with Gasteiger partial charge in [0.2, 0.25) is 0 Å². The van der Waals surface area contributed by atoms with Crippen molar-refractivity contribution in [1.82, 2.24) is 0 Å². The Labute approximate surface area is 447 Å². The van der Waals surface area contributed by atoms with Gasteiger partial charge in [0.1, 0.15) is 11.2 Å². The molecule has 1 aromatic heterocycles. The molecule has 3 aliphatic rings. The van der Waals surface area contributed by atoms with Gasteiger partial charge in [-0.2, -0.15) is 0 Å². The third-order valence-electron chi connectivity index (χ3n) is 16.9. The molecule has 0 radical (unpaired) electrons. The first-order chi connectivity index (χ1) is 38.2. The number of hydrogen-bond donors (Lipinski definition) is 0. The smallest absolute Gasteiger partial charge is 0.135 e. The molecule has 0 N–H and O–H groups in total. The van der Waals surface area contributed by atoms with Crippen LogP contribution in [0.4, 0.5) is 34.1 Å². The zero-order chi connectivity index (χ0) is 50.7. The molecule has 360 valence electrons. The maximum absolute atomic E-state index is 6.52. The van der Waals surface area contributed by atoms with Crippen molar-refractivity contribution in [3.63, 3.8) is 0 Å². The van der Waals surface area contributed by atoms with Crippen molar-refractivity contribution in [3.05, 3.63) is 336 Å². The number of furan rings is 1. The number of rotatable bonds is 8. The van der Waals surface area contributed by atoms with Crippen LogP contribution in [-0.4, -0.2) is 0 Å². The normalized spacial score (nSPS) is 15.1. The Morgan fingerprint density at radius 1 is 0.312 bits per heavy atom. The molecule has 0 saturated carbocycles. The number of para-hydroxylation sites is 3. The van der Waals surface area contributed by atoms with E-state index in [-0.39, 0.29) is 0 Å². The molecule has 77 heavy (non-hydrogen) atoms. The monoisotopic (exact) mass is 980 g/mol. The van der Waals surface area contributed by atoms with Gasteiger partial charge in [0.25, 0.3) is 0 Å². The van der Waals surface area contributed by atoms with Crippen molar-refractivity contribution in [2.45, 2.75) is 10.8 Å². The summed E-state index contributed by atoms with van der Waals surface area (Å²) >= 11 is 0. The Bertz CT molecular complexity index is 4410. The molecular weight excluding hydrogens is 933 g/mol. The molecule has 2 aliphatic carbocycles. The maximum Gasteiger partial charge on any atom is 0.135 e. The largest absolute Gasteiger partial charge is 0.456 e. The van der Waals surface area contributed by atoms with Crippen LogP contribution in [0.25, 0.3) is 55.3 Å². The summed E-state index contributed by atoms with van der Waals surface area (Å²) in [6.07, 6.45) is 0. The van der Waals surface area contributed by atoms with E-state index < -0.39 is 10.8 Å². The Balaban J connectivity index is 1.01. The molecule has 16 rings (SSSR count). The summed E-state index contributed by atoms with van der Waals surface area (Å²) in [7, 11) is 0. The first-order valence-electron chi connectivity index (χ1n) is 26.7. The van der Waals surface area contributed by atoms with Crippen LogP contribution < -0.4 is 9.80 Å². The predicted octanol–water partition coefficient (Wildman–Crippen LogP) is 19.2. The van der Waals surface area contributed by atoms with E-state index in [1.54, 1.807) is 0 Å². The fraction of sp³-hybridized carbons (Fsp3) is 0.0270. The number of nitrogens with zero attached hydrogens (tertiary/aromatic N) is 2. The van der Waals surface area contributed by atoms with Gasteiger partial charge in [-0.05, 0) is 145 Å². The molecular formula is C74H48N2O. The predicted molar refractivity (Wildman–Crippen MR) is 317 cm³/mol. The lowest BCUT2D eigenvalue weighted by Crippen LogP contribution is -2.36. The van der Waals surface area contributed by atoms with Crippen molar-refractivity contribution in [3.8, 4) is 33.4 Å². The molecule has 3 heteroatoms. The fourth-order valence-electron chi connectivity index (χ4n) is 13.9. The molecule has 0 amide bonds. The second kappa shape index (κ2) is 16.8. The maximum atomic E-state index is 6.52. The van der Waals surface area contributed by atoms with Crippen LogP contribution in [-0.2, 0) is 10.8 Å². The zero-order valence-electron chi connectivity index (χ0n) is 42.0. The first-order valence-corrected chi connectivity index (χ1v) is 26.7. The highest BCUT2D eigenvalue weighted by Crippen LogP contribution is 2.67. The van der Waals surface area contributed by atoms with E-state index in [1.165, 1.54) is 83.6 Å². The quantitative estimate of drug-likeness (QED) is 0.151. The fourth-order valence-corrected chi connectivity index (χ4v) is 13.9. The number of benzene rings is 12. The minimum absolute atomic E-state index is 0.585. The third kappa shape index (κ3) is 6.08. The number of hydrogen-bond acceptors (Lipinski definition) is 3. The molecule has 0 spiro atoms. The van der Waals surface area contributed by atoms with E-state index in [4.69, 9.17) is 4.42 Å². The van der Waals surface area contributed by atoms with Crippen molar-refractivity contribution < 1.29 is 4.42 Å². The van der Waals surface area contributed by atoms with Gasteiger partial charge in [-0.3, -0.25) is 0 Å². The molecule has 3 nitrogen and oxygen atoms in total. The van der Waals surface area contributed by atoms with Crippen LogP contribution in [0.1, 0.15) is 44.5 Å². The molecule has 2 heterocycles. The number of fused-ring (bicyclic) bond motifs is 11. The summed E-state index contributed by atoms with van der Waals surface area (Å²) in [4.78, 5) is 4.99. The first kappa shape index (κ1) is 43.4. The lowest BCUT2D eigenvalue weighted by atomic mass is 9.64. The lowest BCUT2D eigenvalue weighted by molar-refractivity contribution is 0.669. The van der Waals surface area contributed by atoms with E-state index in [9.17, 15) is 0 Å². The minimum atomic E-state index is -0.699. The molecule has 0 saturated heterocycles. The molecule has 0 fully saturated rings. The van der Waals surface area contributed by atoms with E-state index in [1.807, 2.05) is 0 Å². The second-order valence-electron chi connectivity index (χ2n) is 20.7. The van der Waals surface area contributed by atoms with Crippen LogP contribution in [0, 0.1) is 0 Å². The van der Waals surface area contributed by atoms with E-state index in [2.05, 4.69) is 301 Å². The van der Waals surface area contributed by atoms with Crippen LogP contribution in [0.2, 0.25) is 0 Å². The van der Waals surface area contributed by atoms with Crippen LogP contribution in [0.15, 0.2) is 296 Å². The Morgan fingerprint density at radius 3 is 1.51 bits per heavy atom. The summed E-state index contributed by atoms with van der Waals surface area (Å²) < 4.78 is 6.52. The zero-order valence-corrected chi connectivity index (χ0v) is 42.0. The Kier molecular flexibility index (Phi) is 9.47. The summed E-state index contributed by atoms with van der Waals surface area (Å²) in [5.41, 5.74) is 24.5. The van der Waals surface area contributed by atoms with E-state index >= 15 is 0 Å². The van der Waals surface area contributed by atoms with Gasteiger partial charge in [0, 0.05) is 39.1 Å². The van der Waals surface area contributed by atoms with Gasteiger partial charge in [-0.1, -0.05) is 218 Å². The van der Waals surface area contributed by atoms with Crippen LogP contribution >= 0.6 is 0 Å². The molecule has 0 bridgehead atoms. The van der Waals surface area contributed by atoms with Crippen molar-refractivity contribution >= 4 is 56.1 Å². The highest BCUT2D eigenvalue weighted by atomic mass is 16.3.